The van der Waals surface area contributed by atoms with E-state index in [0.717, 1.165) is 28.4 Å². The maximum absolute atomic E-state index is 14.3. The molecule has 0 bridgehead atoms. The van der Waals surface area contributed by atoms with E-state index in [0.29, 0.717) is 12.0 Å². The predicted octanol–water partition coefficient (Wildman–Crippen LogP) is 3.71. The number of carbonyl (C=O) groups is 3. The van der Waals surface area contributed by atoms with Gasteiger partial charge in [0.2, 0.25) is 11.8 Å². The molecule has 38 heavy (non-hydrogen) atoms. The van der Waals surface area contributed by atoms with Crippen LogP contribution in [0.4, 0.5) is 10.1 Å². The molecule has 0 aliphatic carbocycles. The molecule has 12 heteroatoms. The summed E-state index contributed by atoms with van der Waals surface area (Å²) in [6.07, 6.45) is 1.34. The minimum Gasteiger partial charge on any atom is -0.355 e. The van der Waals surface area contributed by atoms with E-state index in [1.807, 2.05) is 32.9 Å². The summed E-state index contributed by atoms with van der Waals surface area (Å²) >= 11 is 5.87. The third kappa shape index (κ3) is 6.00. The Morgan fingerprint density at radius 1 is 1.16 bits per heavy atom. The first-order valence-corrected chi connectivity index (χ1v) is 14.1. The summed E-state index contributed by atoms with van der Waals surface area (Å²) in [6.45, 7) is 5.26. The van der Waals surface area contributed by atoms with E-state index < -0.39 is 39.2 Å². The molecule has 0 radical (unpaired) electrons. The van der Waals surface area contributed by atoms with Crippen LogP contribution in [-0.4, -0.2) is 50.6 Å². The van der Waals surface area contributed by atoms with Crippen molar-refractivity contribution in [1.82, 2.24) is 14.3 Å². The number of nitrogens with zero attached hydrogens (tertiary/aromatic N) is 1. The molecule has 9 nitrogen and oxygen atoms in total. The maximum atomic E-state index is 14.3. The summed E-state index contributed by atoms with van der Waals surface area (Å²) in [5, 5.41) is 4.77. The molecule has 206 valence electrons. The van der Waals surface area contributed by atoms with Crippen LogP contribution in [0.15, 0.2) is 36.4 Å². The number of benzene rings is 2. The van der Waals surface area contributed by atoms with Crippen LogP contribution in [-0.2, 0) is 25.2 Å². The number of halogens is 2. The molecule has 1 fully saturated rings. The van der Waals surface area contributed by atoms with Gasteiger partial charge in [0, 0.05) is 26.6 Å². The first kappa shape index (κ1) is 29.5. The van der Waals surface area contributed by atoms with Crippen molar-refractivity contribution < 1.29 is 27.2 Å². The van der Waals surface area contributed by atoms with Crippen LogP contribution < -0.4 is 15.4 Å². The van der Waals surface area contributed by atoms with Crippen LogP contribution in [0.2, 0.25) is 5.02 Å². The van der Waals surface area contributed by atoms with Crippen LogP contribution in [0, 0.1) is 5.82 Å². The molecule has 2 aromatic rings. The van der Waals surface area contributed by atoms with E-state index in [2.05, 4.69) is 15.4 Å². The van der Waals surface area contributed by atoms with Crippen molar-refractivity contribution in [3.8, 4) is 0 Å². The van der Waals surface area contributed by atoms with Gasteiger partial charge in [0.1, 0.15) is 11.2 Å². The van der Waals surface area contributed by atoms with Crippen LogP contribution in [0.5, 0.6) is 0 Å². The Labute approximate surface area is 227 Å². The van der Waals surface area contributed by atoms with Crippen LogP contribution >= 0.6 is 11.6 Å². The molecular weight excluding hydrogens is 535 g/mol. The van der Waals surface area contributed by atoms with Gasteiger partial charge >= 0.3 is 10.2 Å². The zero-order valence-corrected chi connectivity index (χ0v) is 23.3. The van der Waals surface area contributed by atoms with E-state index in [-0.39, 0.29) is 41.7 Å². The molecule has 1 aliphatic rings. The van der Waals surface area contributed by atoms with Gasteiger partial charge < -0.3 is 10.6 Å². The average molecular weight is 567 g/mol. The summed E-state index contributed by atoms with van der Waals surface area (Å²) in [5.41, 5.74) is -0.0796. The monoisotopic (exact) mass is 566 g/mol. The topological polar surface area (TPSA) is 125 Å². The molecular formula is C26H32ClFN4O5S. The average Bonchev–Trinajstić information content (AvgIpc) is 2.83. The van der Waals surface area contributed by atoms with Crippen molar-refractivity contribution in [2.24, 2.45) is 0 Å². The number of hydrogen-bond donors (Lipinski definition) is 3. The van der Waals surface area contributed by atoms with Crippen molar-refractivity contribution in [3.63, 3.8) is 0 Å². The van der Waals surface area contributed by atoms with Crippen molar-refractivity contribution in [3.05, 3.63) is 63.9 Å². The highest BCUT2D eigenvalue weighted by molar-refractivity contribution is 7.87. The van der Waals surface area contributed by atoms with Gasteiger partial charge in [0.25, 0.3) is 5.91 Å². The fraction of sp³-hybridized carbons (Fsp3) is 0.423. The van der Waals surface area contributed by atoms with Gasteiger partial charge in [-0.3, -0.25) is 14.4 Å². The third-order valence-corrected chi connectivity index (χ3v) is 8.26. The fourth-order valence-electron chi connectivity index (χ4n) is 4.41. The molecule has 1 aliphatic heterocycles. The van der Waals surface area contributed by atoms with Crippen molar-refractivity contribution in [1.29, 1.82) is 0 Å². The summed E-state index contributed by atoms with van der Waals surface area (Å²) in [4.78, 5) is 38.4. The predicted molar refractivity (Wildman–Crippen MR) is 144 cm³/mol. The van der Waals surface area contributed by atoms with Crippen LogP contribution in [0.1, 0.15) is 67.4 Å². The zero-order valence-electron chi connectivity index (χ0n) is 21.7. The second kappa shape index (κ2) is 11.8. The van der Waals surface area contributed by atoms with Crippen molar-refractivity contribution in [2.45, 2.75) is 51.4 Å². The van der Waals surface area contributed by atoms with Crippen molar-refractivity contribution in [2.75, 3.05) is 25.5 Å². The second-order valence-corrected chi connectivity index (χ2v) is 11.6. The number of hydrogen-bond acceptors (Lipinski definition) is 5. The number of carbonyl (C=O) groups excluding carboxylic acids is 3. The lowest BCUT2D eigenvalue weighted by molar-refractivity contribution is -0.125. The summed E-state index contributed by atoms with van der Waals surface area (Å²) in [5.74, 6) is -2.67. The van der Waals surface area contributed by atoms with Gasteiger partial charge in [-0.1, -0.05) is 63.1 Å². The first-order valence-electron chi connectivity index (χ1n) is 12.3. The van der Waals surface area contributed by atoms with E-state index in [1.165, 1.54) is 7.05 Å². The number of amides is 3. The van der Waals surface area contributed by atoms with Gasteiger partial charge in [-0.2, -0.15) is 12.7 Å². The van der Waals surface area contributed by atoms with E-state index in [1.54, 1.807) is 12.1 Å². The molecule has 0 saturated carbocycles. The molecule has 3 N–H and O–H groups in total. The Morgan fingerprint density at radius 2 is 1.82 bits per heavy atom. The highest BCUT2D eigenvalue weighted by atomic mass is 35.5. The molecule has 3 amide bonds. The van der Waals surface area contributed by atoms with Crippen LogP contribution in [0.3, 0.4) is 0 Å². The maximum Gasteiger partial charge on any atom is 0.303 e. The molecule has 0 aromatic heterocycles. The first-order chi connectivity index (χ1) is 17.9. The Bertz CT molecular complexity index is 1340. The van der Waals surface area contributed by atoms with E-state index >= 15 is 0 Å². The smallest absolute Gasteiger partial charge is 0.303 e. The number of rotatable bonds is 10. The zero-order chi connectivity index (χ0) is 28.3. The quantitative estimate of drug-likeness (QED) is 0.404. The third-order valence-electron chi connectivity index (χ3n) is 6.55. The molecule has 0 spiro atoms. The Morgan fingerprint density at radius 3 is 2.42 bits per heavy atom. The molecule has 1 heterocycles. The standard InChI is InChI=1S/C26H32ClFN4O5S/c1-5-6-11-23(33)31-38(36,37)32-14-26(15-32,19-10-8-7-9-17(19)16(2)3)25(35)30-22-13-21(28)20(27)12-18(22)24(34)29-4/h7-10,12-13,16H,5-6,11,14-15H2,1-4H3,(H,29,34)(H,30,35)(H,31,33). The van der Waals surface area contributed by atoms with Gasteiger partial charge in [-0.25, -0.2) is 9.11 Å². The lowest BCUT2D eigenvalue weighted by Crippen LogP contribution is -2.68. The number of unbranched alkanes of at least 4 members (excludes halogenated alkanes) is 1. The Hall–Kier alpha value is -3.02. The van der Waals surface area contributed by atoms with E-state index in [9.17, 15) is 27.2 Å². The van der Waals surface area contributed by atoms with Gasteiger partial charge in [0.05, 0.1) is 16.3 Å². The molecule has 2 aromatic carbocycles. The lowest BCUT2D eigenvalue weighted by atomic mass is 9.71. The summed E-state index contributed by atoms with van der Waals surface area (Å²) in [7, 11) is -2.81. The highest BCUT2D eigenvalue weighted by Gasteiger charge is 2.55. The minimum atomic E-state index is -4.20. The Balaban J connectivity index is 2.01. The fourth-order valence-corrected chi connectivity index (χ4v) is 5.87. The number of nitrogens with one attached hydrogen (secondary N) is 3. The molecule has 1 saturated heterocycles. The summed E-state index contributed by atoms with van der Waals surface area (Å²) in [6, 6.07) is 9.25. The van der Waals surface area contributed by atoms with E-state index in [4.69, 9.17) is 11.6 Å². The number of anilines is 1. The minimum absolute atomic E-state index is 0.00434. The van der Waals surface area contributed by atoms with Gasteiger partial charge in [0.15, 0.2) is 0 Å². The largest absolute Gasteiger partial charge is 0.355 e. The Kier molecular flexibility index (Phi) is 9.17. The molecule has 0 atom stereocenters. The highest BCUT2D eigenvalue weighted by Crippen LogP contribution is 2.41. The van der Waals surface area contributed by atoms with Crippen LogP contribution in [0.25, 0.3) is 0 Å². The van der Waals surface area contributed by atoms with Crippen molar-refractivity contribution >= 4 is 45.2 Å². The molecule has 0 unspecified atom stereocenters. The van der Waals surface area contributed by atoms with Gasteiger partial charge in [-0.15, -0.1) is 0 Å². The molecule has 3 rings (SSSR count). The lowest BCUT2D eigenvalue weighted by Gasteiger charge is -2.48. The SMILES string of the molecule is CCCCC(=O)NS(=O)(=O)N1CC(C(=O)Nc2cc(F)c(Cl)cc2C(=O)NC)(c2ccccc2C(C)C)C1. The van der Waals surface area contributed by atoms with Gasteiger partial charge in [-0.05, 0) is 35.6 Å². The summed E-state index contributed by atoms with van der Waals surface area (Å²) < 4.78 is 43.3. The normalized spacial score (nSPS) is 15.0. The second-order valence-electron chi connectivity index (χ2n) is 9.57.